The van der Waals surface area contributed by atoms with Crippen LogP contribution in [0.25, 0.3) is 0 Å². The van der Waals surface area contributed by atoms with Gasteiger partial charge in [-0.15, -0.1) is 0 Å². The molecular weight excluding hydrogens is 340 g/mol. The van der Waals surface area contributed by atoms with E-state index >= 15 is 0 Å². The van der Waals surface area contributed by atoms with E-state index in [1.807, 2.05) is 6.92 Å². The zero-order chi connectivity index (χ0) is 20.0. The van der Waals surface area contributed by atoms with Gasteiger partial charge in [0.15, 0.2) is 0 Å². The summed E-state index contributed by atoms with van der Waals surface area (Å²) in [6.45, 7) is 8.37. The van der Waals surface area contributed by atoms with Crippen LogP contribution in [0.1, 0.15) is 36.5 Å². The molecule has 2 N–H and O–H groups in total. The molecule has 1 heterocycles. The van der Waals surface area contributed by atoms with Gasteiger partial charge in [-0.05, 0) is 51.2 Å². The fraction of sp³-hybridized carbons (Fsp3) is 0.619. The number of likely N-dealkylation sites (N-methyl/N-ethyl adjacent to an activating group) is 1. The van der Waals surface area contributed by atoms with Crippen LogP contribution in [0, 0.1) is 13.8 Å². The molecule has 0 spiro atoms. The van der Waals surface area contributed by atoms with E-state index in [1.165, 1.54) is 16.7 Å². The predicted molar refractivity (Wildman–Crippen MR) is 109 cm³/mol. The molecule has 0 aliphatic carbocycles. The number of nitrogens with zero attached hydrogens (tertiary/aromatic N) is 2. The highest BCUT2D eigenvalue weighted by atomic mass is 16.2. The molecule has 1 aromatic carbocycles. The van der Waals surface area contributed by atoms with E-state index in [2.05, 4.69) is 47.6 Å². The van der Waals surface area contributed by atoms with Crippen molar-refractivity contribution < 1.29 is 9.59 Å². The molecule has 1 unspecified atom stereocenters. The molecule has 1 aromatic rings. The van der Waals surface area contributed by atoms with E-state index < -0.39 is 0 Å². The Labute approximate surface area is 163 Å². The molecule has 27 heavy (non-hydrogen) atoms. The van der Waals surface area contributed by atoms with Gasteiger partial charge < -0.3 is 15.5 Å². The van der Waals surface area contributed by atoms with E-state index in [9.17, 15) is 9.59 Å². The molecule has 1 atom stereocenters. The van der Waals surface area contributed by atoms with Crippen LogP contribution in [0.4, 0.5) is 4.79 Å². The van der Waals surface area contributed by atoms with Crippen LogP contribution in [-0.4, -0.2) is 67.6 Å². The smallest absolute Gasteiger partial charge is 0.315 e. The number of carbonyl (C=O) groups excluding carboxylic acids is 2. The number of rotatable bonds is 6. The van der Waals surface area contributed by atoms with Crippen LogP contribution in [-0.2, 0) is 11.2 Å². The summed E-state index contributed by atoms with van der Waals surface area (Å²) in [6, 6.07) is 6.58. The second-order valence-corrected chi connectivity index (χ2v) is 7.99. The number of urea groups is 1. The Kier molecular flexibility index (Phi) is 7.66. The second-order valence-electron chi connectivity index (χ2n) is 7.99. The average molecular weight is 375 g/mol. The van der Waals surface area contributed by atoms with Gasteiger partial charge >= 0.3 is 6.03 Å². The molecule has 0 bridgehead atoms. The fourth-order valence-corrected chi connectivity index (χ4v) is 3.47. The first-order chi connectivity index (χ1) is 12.7. The Morgan fingerprint density at radius 2 is 1.89 bits per heavy atom. The number of amides is 3. The molecule has 6 heteroatoms. The van der Waals surface area contributed by atoms with Crippen molar-refractivity contribution in [2.45, 2.75) is 52.1 Å². The van der Waals surface area contributed by atoms with Crippen LogP contribution in [0.2, 0.25) is 0 Å². The summed E-state index contributed by atoms with van der Waals surface area (Å²) in [6.07, 6.45) is 2.57. The molecular formula is C21H34N4O2. The standard InChI is InChI=1S/C21H34N4O2/c1-15-6-7-18(16(2)12-15)13-17(3)22-21(27)23-19-8-10-25(11-9-19)14-20(26)24(4)5/h6-7,12,17,19H,8-11,13-14H2,1-5H3,(H2,22,23,27). The molecule has 3 amide bonds. The average Bonchev–Trinajstić information content (AvgIpc) is 2.59. The number of benzene rings is 1. The highest BCUT2D eigenvalue weighted by Crippen LogP contribution is 2.13. The summed E-state index contributed by atoms with van der Waals surface area (Å²) in [7, 11) is 3.56. The molecule has 0 aromatic heterocycles. The summed E-state index contributed by atoms with van der Waals surface area (Å²) in [5.74, 6) is 0.124. The Hall–Kier alpha value is -2.08. The number of hydrogen-bond acceptors (Lipinski definition) is 3. The van der Waals surface area contributed by atoms with E-state index in [0.29, 0.717) is 6.54 Å². The molecule has 0 saturated carbocycles. The van der Waals surface area contributed by atoms with Crippen molar-refractivity contribution in [3.05, 3.63) is 34.9 Å². The minimum Gasteiger partial charge on any atom is -0.348 e. The van der Waals surface area contributed by atoms with Crippen molar-refractivity contribution in [1.29, 1.82) is 0 Å². The summed E-state index contributed by atoms with van der Waals surface area (Å²) < 4.78 is 0. The molecule has 0 radical (unpaired) electrons. The van der Waals surface area contributed by atoms with Gasteiger partial charge in [0.2, 0.25) is 5.91 Å². The third kappa shape index (κ3) is 6.86. The highest BCUT2D eigenvalue weighted by molar-refractivity contribution is 5.77. The monoisotopic (exact) mass is 374 g/mol. The maximum absolute atomic E-state index is 12.3. The highest BCUT2D eigenvalue weighted by Gasteiger charge is 2.23. The zero-order valence-corrected chi connectivity index (χ0v) is 17.3. The summed E-state index contributed by atoms with van der Waals surface area (Å²) in [5, 5.41) is 6.14. The fourth-order valence-electron chi connectivity index (χ4n) is 3.47. The number of aryl methyl sites for hydroxylation is 2. The van der Waals surface area contributed by atoms with Crippen LogP contribution in [0.15, 0.2) is 18.2 Å². The maximum atomic E-state index is 12.3. The lowest BCUT2D eigenvalue weighted by Crippen LogP contribution is -2.51. The first-order valence-electron chi connectivity index (χ1n) is 9.80. The number of carbonyl (C=O) groups is 2. The topological polar surface area (TPSA) is 64.7 Å². The summed E-state index contributed by atoms with van der Waals surface area (Å²) in [4.78, 5) is 27.9. The predicted octanol–water partition coefficient (Wildman–Crippen LogP) is 2.09. The normalized spacial score (nSPS) is 16.6. The van der Waals surface area contributed by atoms with Crippen molar-refractivity contribution in [2.24, 2.45) is 0 Å². The Morgan fingerprint density at radius 1 is 1.22 bits per heavy atom. The molecule has 2 rings (SSSR count). The van der Waals surface area contributed by atoms with Crippen LogP contribution in [0.5, 0.6) is 0 Å². The van der Waals surface area contributed by atoms with Crippen molar-refractivity contribution >= 4 is 11.9 Å². The van der Waals surface area contributed by atoms with Crippen molar-refractivity contribution in [1.82, 2.24) is 20.4 Å². The van der Waals surface area contributed by atoms with Gasteiger partial charge in [0.25, 0.3) is 0 Å². The van der Waals surface area contributed by atoms with Gasteiger partial charge in [0, 0.05) is 39.3 Å². The number of likely N-dealkylation sites (tertiary alicyclic amines) is 1. The first kappa shape index (κ1) is 21.2. The molecule has 150 valence electrons. The lowest BCUT2D eigenvalue weighted by Gasteiger charge is -2.32. The molecule has 6 nitrogen and oxygen atoms in total. The minimum absolute atomic E-state index is 0.0733. The Morgan fingerprint density at radius 3 is 2.48 bits per heavy atom. The Bertz CT molecular complexity index is 652. The summed E-state index contributed by atoms with van der Waals surface area (Å²) >= 11 is 0. The molecule has 1 aliphatic rings. The van der Waals surface area contributed by atoms with E-state index in [4.69, 9.17) is 0 Å². The number of hydrogen-bond donors (Lipinski definition) is 2. The van der Waals surface area contributed by atoms with Crippen molar-refractivity contribution in [3.63, 3.8) is 0 Å². The van der Waals surface area contributed by atoms with Gasteiger partial charge in [0.1, 0.15) is 0 Å². The van der Waals surface area contributed by atoms with Crippen molar-refractivity contribution in [2.75, 3.05) is 33.7 Å². The van der Waals surface area contributed by atoms with Gasteiger partial charge in [-0.3, -0.25) is 9.69 Å². The van der Waals surface area contributed by atoms with Gasteiger partial charge in [-0.2, -0.15) is 0 Å². The van der Waals surface area contributed by atoms with Gasteiger partial charge in [-0.25, -0.2) is 4.79 Å². The Balaban J connectivity index is 1.72. The lowest BCUT2D eigenvalue weighted by molar-refractivity contribution is -0.130. The quantitative estimate of drug-likeness (QED) is 0.801. The van der Waals surface area contributed by atoms with E-state index in [1.54, 1.807) is 19.0 Å². The van der Waals surface area contributed by atoms with E-state index in [-0.39, 0.29) is 24.0 Å². The van der Waals surface area contributed by atoms with Crippen LogP contribution in [0.3, 0.4) is 0 Å². The third-order valence-electron chi connectivity index (χ3n) is 5.18. The van der Waals surface area contributed by atoms with Crippen LogP contribution < -0.4 is 10.6 Å². The maximum Gasteiger partial charge on any atom is 0.315 e. The van der Waals surface area contributed by atoms with E-state index in [0.717, 1.165) is 32.4 Å². The molecule has 1 saturated heterocycles. The van der Waals surface area contributed by atoms with Gasteiger partial charge in [-0.1, -0.05) is 23.8 Å². The second kappa shape index (κ2) is 9.74. The number of piperidine rings is 1. The SMILES string of the molecule is Cc1ccc(CC(C)NC(=O)NC2CCN(CC(=O)N(C)C)CC2)c(C)c1. The zero-order valence-electron chi connectivity index (χ0n) is 17.3. The molecule has 1 fully saturated rings. The third-order valence-corrected chi connectivity index (χ3v) is 5.18. The summed E-state index contributed by atoms with van der Waals surface area (Å²) in [5.41, 5.74) is 3.80. The van der Waals surface area contributed by atoms with Gasteiger partial charge in [0.05, 0.1) is 6.54 Å². The minimum atomic E-state index is -0.102. The first-order valence-corrected chi connectivity index (χ1v) is 9.80. The van der Waals surface area contributed by atoms with Crippen molar-refractivity contribution in [3.8, 4) is 0 Å². The van der Waals surface area contributed by atoms with Crippen LogP contribution >= 0.6 is 0 Å². The largest absolute Gasteiger partial charge is 0.348 e. The lowest BCUT2D eigenvalue weighted by atomic mass is 10.00. The molecule has 1 aliphatic heterocycles. The number of nitrogens with one attached hydrogen (secondary N) is 2.